The number of ether oxygens (including phenoxy) is 2. The molecule has 1 spiro atoms. The minimum absolute atomic E-state index is 0.0687. The highest BCUT2D eigenvalue weighted by Gasteiger charge is 2.50. The summed E-state index contributed by atoms with van der Waals surface area (Å²) in [6.45, 7) is 7.46. The Hall–Kier alpha value is -1.42. The van der Waals surface area contributed by atoms with Crippen LogP contribution in [0.1, 0.15) is 181 Å². The Morgan fingerprint density at radius 2 is 1.02 bits per heavy atom. The maximum Gasteiger partial charge on any atom is 0.169 e. The lowest BCUT2D eigenvalue weighted by Gasteiger charge is -2.39. The van der Waals surface area contributed by atoms with Crippen molar-refractivity contribution in [2.75, 3.05) is 26.7 Å². The summed E-state index contributed by atoms with van der Waals surface area (Å²) < 4.78 is 13.7. The number of likely N-dealkylation sites (tertiary alicyclic amines) is 1. The molecule has 0 aliphatic carbocycles. The fraction of sp³-hybridized carbons (Fsp3) is 0.773. The van der Waals surface area contributed by atoms with E-state index in [2.05, 4.69) is 86.6 Å². The third kappa shape index (κ3) is 21.3. The van der Waals surface area contributed by atoms with Gasteiger partial charge in [0.25, 0.3) is 0 Å². The van der Waals surface area contributed by atoms with Crippen molar-refractivity contribution in [3.63, 3.8) is 0 Å². The summed E-state index contributed by atoms with van der Waals surface area (Å²) in [6.07, 6.45) is 55.6. The maximum atomic E-state index is 7.00. The van der Waals surface area contributed by atoms with Crippen molar-refractivity contribution in [3.8, 4) is 0 Å². The average molecular weight is 652 g/mol. The smallest absolute Gasteiger partial charge is 0.169 e. The molecule has 0 radical (unpaired) electrons. The fourth-order valence-electron chi connectivity index (χ4n) is 7.18. The second-order valence-corrected chi connectivity index (χ2v) is 14.6. The van der Waals surface area contributed by atoms with Crippen molar-refractivity contribution in [1.82, 2.24) is 4.90 Å². The van der Waals surface area contributed by atoms with E-state index >= 15 is 0 Å². The van der Waals surface area contributed by atoms with E-state index in [1.807, 2.05) is 0 Å². The normalized spacial score (nSPS) is 22.6. The van der Waals surface area contributed by atoms with Crippen LogP contribution in [-0.4, -0.2) is 43.0 Å². The third-order valence-corrected chi connectivity index (χ3v) is 9.95. The molecule has 0 bridgehead atoms. The van der Waals surface area contributed by atoms with Crippen LogP contribution in [0.4, 0.5) is 0 Å². The Morgan fingerprint density at radius 1 is 0.553 bits per heavy atom. The maximum absolute atomic E-state index is 7.00. The monoisotopic (exact) mass is 652 g/mol. The Kier molecular flexibility index (Phi) is 25.2. The number of likely N-dealkylation sites (N-methyl/N-ethyl adjacent to an activating group) is 1. The molecule has 1 unspecified atom stereocenters. The van der Waals surface area contributed by atoms with Gasteiger partial charge in [0.05, 0.1) is 6.61 Å². The Bertz CT molecular complexity index is 872. The largest absolute Gasteiger partial charge is 0.347 e. The van der Waals surface area contributed by atoms with Crippen molar-refractivity contribution >= 4 is 0 Å². The zero-order valence-electron chi connectivity index (χ0n) is 31.5. The van der Waals surface area contributed by atoms with Gasteiger partial charge in [0.1, 0.15) is 5.60 Å². The fourth-order valence-corrected chi connectivity index (χ4v) is 7.18. The molecule has 2 aliphatic rings. The molecule has 0 aromatic rings. The van der Waals surface area contributed by atoms with Gasteiger partial charge < -0.3 is 14.4 Å². The summed E-state index contributed by atoms with van der Waals surface area (Å²) in [5, 5.41) is 0. The van der Waals surface area contributed by atoms with E-state index in [1.54, 1.807) is 0 Å². The minimum Gasteiger partial charge on any atom is -0.347 e. The van der Waals surface area contributed by atoms with Gasteiger partial charge >= 0.3 is 0 Å². The van der Waals surface area contributed by atoms with Crippen LogP contribution in [0, 0.1) is 0 Å². The molecule has 3 heteroatoms. The van der Waals surface area contributed by atoms with Crippen LogP contribution in [0.25, 0.3) is 0 Å². The molecule has 0 saturated carbocycles. The quantitative estimate of drug-likeness (QED) is 0.0593. The van der Waals surface area contributed by atoms with Gasteiger partial charge in [-0.05, 0) is 103 Å². The Labute approximate surface area is 293 Å². The third-order valence-electron chi connectivity index (χ3n) is 9.95. The predicted octanol–water partition coefficient (Wildman–Crippen LogP) is 13.4. The van der Waals surface area contributed by atoms with E-state index in [0.717, 1.165) is 58.1 Å². The highest BCUT2D eigenvalue weighted by atomic mass is 16.8. The molecule has 47 heavy (non-hydrogen) atoms. The second kappa shape index (κ2) is 28.4. The highest BCUT2D eigenvalue weighted by molar-refractivity contribution is 4.98. The zero-order valence-corrected chi connectivity index (χ0v) is 31.5. The van der Waals surface area contributed by atoms with Crippen LogP contribution in [0.15, 0.2) is 60.8 Å². The highest BCUT2D eigenvalue weighted by Crippen LogP contribution is 2.43. The molecular weight excluding hydrogens is 574 g/mol. The lowest BCUT2D eigenvalue weighted by Crippen LogP contribution is -2.49. The van der Waals surface area contributed by atoms with Crippen LogP contribution in [-0.2, 0) is 9.47 Å². The predicted molar refractivity (Wildman–Crippen MR) is 207 cm³/mol. The number of nitrogens with zero attached hydrogens (tertiary/aromatic N) is 1. The number of allylic oxidation sites excluding steroid dienone is 10. The van der Waals surface area contributed by atoms with Gasteiger partial charge in [0, 0.05) is 19.4 Å². The number of hydrogen-bond acceptors (Lipinski definition) is 3. The van der Waals surface area contributed by atoms with Gasteiger partial charge in [-0.1, -0.05) is 139 Å². The summed E-state index contributed by atoms with van der Waals surface area (Å²) in [4.78, 5) is 2.45. The standard InChI is InChI=1S/C44H77NO2/c1-4-6-8-10-12-14-16-18-20-22-24-26-28-30-32-34-38-44(46-42-43(47-44)37-36-40-45(3)41-43)39-35-33-31-29-27-25-23-21-19-17-15-13-11-9-7-5-2/h6,8,12-15,18-21H,4-5,7,9-11,16-17,22-42H2,1-3H3/b8-6-,14-12-,15-13-,20-18-,21-19-/t43?,44-/m1/s1. The molecule has 2 fully saturated rings. The zero-order chi connectivity index (χ0) is 33.6. The van der Waals surface area contributed by atoms with Gasteiger partial charge in [0.15, 0.2) is 5.79 Å². The number of rotatable bonds is 29. The van der Waals surface area contributed by atoms with Gasteiger partial charge in [-0.3, -0.25) is 0 Å². The Balaban J connectivity index is 1.57. The van der Waals surface area contributed by atoms with Crippen molar-refractivity contribution in [3.05, 3.63) is 60.8 Å². The first-order chi connectivity index (χ1) is 23.1. The Morgan fingerprint density at radius 3 is 1.53 bits per heavy atom. The summed E-state index contributed by atoms with van der Waals surface area (Å²) >= 11 is 0. The van der Waals surface area contributed by atoms with Crippen molar-refractivity contribution < 1.29 is 9.47 Å². The van der Waals surface area contributed by atoms with Crippen LogP contribution < -0.4 is 0 Å². The lowest BCUT2D eigenvalue weighted by atomic mass is 9.93. The minimum atomic E-state index is -0.334. The molecule has 0 amide bonds. The summed E-state index contributed by atoms with van der Waals surface area (Å²) in [5.74, 6) is -0.334. The van der Waals surface area contributed by atoms with Crippen LogP contribution >= 0.6 is 0 Å². The number of hydrogen-bond donors (Lipinski definition) is 0. The molecule has 0 aromatic heterocycles. The lowest BCUT2D eigenvalue weighted by molar-refractivity contribution is -0.204. The van der Waals surface area contributed by atoms with E-state index in [4.69, 9.17) is 9.47 Å². The van der Waals surface area contributed by atoms with Crippen LogP contribution in [0.2, 0.25) is 0 Å². The first-order valence-corrected chi connectivity index (χ1v) is 20.4. The molecular formula is C44H77NO2. The van der Waals surface area contributed by atoms with Crippen LogP contribution in [0.5, 0.6) is 0 Å². The molecule has 0 N–H and O–H groups in total. The summed E-state index contributed by atoms with van der Waals surface area (Å²) in [5.41, 5.74) is -0.0687. The van der Waals surface area contributed by atoms with Crippen molar-refractivity contribution in [2.45, 2.75) is 192 Å². The molecule has 2 heterocycles. The molecule has 2 aliphatic heterocycles. The van der Waals surface area contributed by atoms with Gasteiger partial charge in [-0.15, -0.1) is 0 Å². The molecule has 0 aromatic carbocycles. The molecule has 2 rings (SSSR count). The number of unbranched alkanes of at least 4 members (excludes halogenated alkanes) is 15. The second-order valence-electron chi connectivity index (χ2n) is 14.6. The van der Waals surface area contributed by atoms with E-state index in [-0.39, 0.29) is 11.4 Å². The van der Waals surface area contributed by atoms with Gasteiger partial charge in [-0.25, -0.2) is 0 Å². The van der Waals surface area contributed by atoms with Crippen molar-refractivity contribution in [1.29, 1.82) is 0 Å². The first-order valence-electron chi connectivity index (χ1n) is 20.4. The average Bonchev–Trinajstić information content (AvgIpc) is 3.41. The molecule has 270 valence electrons. The van der Waals surface area contributed by atoms with E-state index in [1.165, 1.54) is 129 Å². The topological polar surface area (TPSA) is 21.7 Å². The van der Waals surface area contributed by atoms with Crippen molar-refractivity contribution in [2.24, 2.45) is 0 Å². The van der Waals surface area contributed by atoms with Gasteiger partial charge in [0.2, 0.25) is 0 Å². The molecule has 3 nitrogen and oxygen atoms in total. The number of piperidine rings is 1. The molecule has 2 atom stereocenters. The SMILES string of the molecule is CC/C=C\C/C=C\C/C=C\CCCCCCCC[C@@]1(CCCCCCCC/C=C\C/C=C\CCCCC)OCC2(CCCN(C)C2)O1. The van der Waals surface area contributed by atoms with E-state index in [9.17, 15) is 0 Å². The molecule has 2 saturated heterocycles. The van der Waals surface area contributed by atoms with E-state index in [0.29, 0.717) is 0 Å². The van der Waals surface area contributed by atoms with Gasteiger partial charge in [-0.2, -0.15) is 0 Å². The first kappa shape index (κ1) is 41.7. The summed E-state index contributed by atoms with van der Waals surface area (Å²) in [6, 6.07) is 0. The summed E-state index contributed by atoms with van der Waals surface area (Å²) in [7, 11) is 2.24. The van der Waals surface area contributed by atoms with Crippen LogP contribution in [0.3, 0.4) is 0 Å². The van der Waals surface area contributed by atoms with E-state index < -0.39 is 0 Å².